The molecule has 2 heterocycles. The molecule has 2 aromatic carbocycles. The number of nitro groups is 1. The number of non-ortho nitro benzene ring substituents is 1. The SMILES string of the molecule is O=C1c2cccc3c([N+](=O)[O-])ccc(c23)C(=O)N1c1nc(F)cc(F)n1. The Morgan fingerprint density at radius 3 is 2.19 bits per heavy atom. The molecule has 4 rings (SSSR count). The molecule has 0 aliphatic carbocycles. The number of rotatable bonds is 2. The monoisotopic (exact) mass is 356 g/mol. The van der Waals surface area contributed by atoms with Crippen molar-refractivity contribution in [3.05, 3.63) is 69.5 Å². The lowest BCUT2D eigenvalue weighted by Crippen LogP contribution is -2.41. The number of carbonyl (C=O) groups excluding carboxylic acids is 2. The van der Waals surface area contributed by atoms with Crippen LogP contribution in [0.3, 0.4) is 0 Å². The first-order chi connectivity index (χ1) is 12.4. The van der Waals surface area contributed by atoms with E-state index in [2.05, 4.69) is 9.97 Å². The van der Waals surface area contributed by atoms with E-state index in [1.807, 2.05) is 0 Å². The molecule has 0 atom stereocenters. The van der Waals surface area contributed by atoms with Crippen LogP contribution in [0.4, 0.5) is 20.4 Å². The second-order valence-corrected chi connectivity index (χ2v) is 5.38. The molecule has 1 aromatic heterocycles. The summed E-state index contributed by atoms with van der Waals surface area (Å²) in [5.74, 6) is -5.11. The number of carbonyl (C=O) groups is 2. The summed E-state index contributed by atoms with van der Waals surface area (Å²) in [6, 6.07) is 6.89. The molecular weight excluding hydrogens is 350 g/mol. The quantitative estimate of drug-likeness (QED) is 0.302. The van der Waals surface area contributed by atoms with Crippen LogP contribution >= 0.6 is 0 Å². The summed E-state index contributed by atoms with van der Waals surface area (Å²) in [5, 5.41) is 11.4. The molecule has 0 radical (unpaired) electrons. The van der Waals surface area contributed by atoms with Crippen molar-refractivity contribution in [1.82, 2.24) is 9.97 Å². The highest BCUT2D eigenvalue weighted by Crippen LogP contribution is 2.36. The number of hydrogen-bond acceptors (Lipinski definition) is 6. The average molecular weight is 356 g/mol. The van der Waals surface area contributed by atoms with Gasteiger partial charge in [0.15, 0.2) is 0 Å². The van der Waals surface area contributed by atoms with Crippen molar-refractivity contribution in [2.45, 2.75) is 0 Å². The molecular formula is C16H6F2N4O4. The maximum absolute atomic E-state index is 13.4. The van der Waals surface area contributed by atoms with Crippen LogP contribution in [-0.2, 0) is 0 Å². The van der Waals surface area contributed by atoms with Crippen LogP contribution in [-0.4, -0.2) is 26.7 Å². The highest BCUT2D eigenvalue weighted by Gasteiger charge is 2.37. The topological polar surface area (TPSA) is 106 Å². The molecule has 8 nitrogen and oxygen atoms in total. The van der Waals surface area contributed by atoms with Crippen LogP contribution in [0, 0.1) is 22.0 Å². The summed E-state index contributed by atoms with van der Waals surface area (Å²) in [6.07, 6.45) is 0. The highest BCUT2D eigenvalue weighted by molar-refractivity contribution is 6.35. The van der Waals surface area contributed by atoms with Crippen molar-refractivity contribution in [2.75, 3.05) is 4.90 Å². The van der Waals surface area contributed by atoms with Gasteiger partial charge < -0.3 is 0 Å². The minimum Gasteiger partial charge on any atom is -0.268 e. The van der Waals surface area contributed by atoms with E-state index in [0.29, 0.717) is 11.0 Å². The average Bonchev–Trinajstić information content (AvgIpc) is 2.58. The Bertz CT molecular complexity index is 1110. The van der Waals surface area contributed by atoms with E-state index in [0.717, 1.165) is 6.07 Å². The van der Waals surface area contributed by atoms with Gasteiger partial charge in [-0.2, -0.15) is 18.7 Å². The summed E-state index contributed by atoms with van der Waals surface area (Å²) in [4.78, 5) is 43.1. The second kappa shape index (κ2) is 5.34. The maximum Gasteiger partial charge on any atom is 0.277 e. The lowest BCUT2D eigenvalue weighted by atomic mass is 9.93. The second-order valence-electron chi connectivity index (χ2n) is 5.38. The van der Waals surface area contributed by atoms with Gasteiger partial charge in [0, 0.05) is 28.6 Å². The van der Waals surface area contributed by atoms with E-state index in [1.54, 1.807) is 0 Å². The summed E-state index contributed by atoms with van der Waals surface area (Å²) in [5.41, 5.74) is -0.337. The van der Waals surface area contributed by atoms with Gasteiger partial charge in [0.05, 0.1) is 10.3 Å². The number of anilines is 1. The van der Waals surface area contributed by atoms with Crippen LogP contribution in [0.25, 0.3) is 10.8 Å². The zero-order valence-corrected chi connectivity index (χ0v) is 12.6. The van der Waals surface area contributed by atoms with Crippen molar-refractivity contribution in [2.24, 2.45) is 0 Å². The van der Waals surface area contributed by atoms with Crippen LogP contribution in [0.5, 0.6) is 0 Å². The third-order valence-electron chi connectivity index (χ3n) is 3.93. The molecule has 10 heteroatoms. The van der Waals surface area contributed by atoms with Gasteiger partial charge in [0.2, 0.25) is 17.8 Å². The number of aromatic nitrogens is 2. The van der Waals surface area contributed by atoms with Crippen LogP contribution in [0.1, 0.15) is 20.7 Å². The highest BCUT2D eigenvalue weighted by atomic mass is 19.1. The standard InChI is InChI=1S/C16H6F2N4O4/c17-11-6-12(18)20-16(19-11)21-14(23)8-3-1-2-7-10(22(25)26)5-4-9(13(7)8)15(21)24/h1-6H. The molecule has 1 aliphatic heterocycles. The molecule has 0 unspecified atom stereocenters. The number of hydrogen-bond donors (Lipinski definition) is 0. The number of amides is 2. The molecule has 1 aliphatic rings. The molecule has 0 saturated carbocycles. The molecule has 0 fully saturated rings. The normalized spacial score (nSPS) is 13.4. The van der Waals surface area contributed by atoms with Crippen LogP contribution in [0.2, 0.25) is 0 Å². The van der Waals surface area contributed by atoms with E-state index in [4.69, 9.17) is 0 Å². The van der Waals surface area contributed by atoms with Gasteiger partial charge >= 0.3 is 0 Å². The van der Waals surface area contributed by atoms with Crippen LogP contribution < -0.4 is 4.90 Å². The fourth-order valence-electron chi connectivity index (χ4n) is 2.90. The fraction of sp³-hybridized carbons (Fsp3) is 0. The first kappa shape index (κ1) is 15.7. The molecule has 2 amide bonds. The van der Waals surface area contributed by atoms with Crippen molar-refractivity contribution in [1.29, 1.82) is 0 Å². The van der Waals surface area contributed by atoms with Gasteiger partial charge in [-0.15, -0.1) is 0 Å². The van der Waals surface area contributed by atoms with E-state index < -0.39 is 34.6 Å². The maximum atomic E-state index is 13.4. The van der Waals surface area contributed by atoms with Gasteiger partial charge in [-0.25, -0.2) is 4.90 Å². The Balaban J connectivity index is 2.00. The zero-order valence-electron chi connectivity index (χ0n) is 12.6. The lowest BCUT2D eigenvalue weighted by Gasteiger charge is -2.25. The summed E-state index contributed by atoms with van der Waals surface area (Å²) >= 11 is 0. The molecule has 0 bridgehead atoms. The van der Waals surface area contributed by atoms with Crippen molar-refractivity contribution in [3.63, 3.8) is 0 Å². The van der Waals surface area contributed by atoms with E-state index in [1.165, 1.54) is 24.3 Å². The van der Waals surface area contributed by atoms with Gasteiger partial charge in [0.1, 0.15) is 0 Å². The molecule has 0 saturated heterocycles. The van der Waals surface area contributed by atoms with Crippen molar-refractivity contribution in [3.8, 4) is 0 Å². The Kier molecular flexibility index (Phi) is 3.22. The first-order valence-electron chi connectivity index (χ1n) is 7.17. The third kappa shape index (κ3) is 2.12. The van der Waals surface area contributed by atoms with Gasteiger partial charge in [0.25, 0.3) is 17.5 Å². The van der Waals surface area contributed by atoms with Gasteiger partial charge in [-0.3, -0.25) is 19.7 Å². The Morgan fingerprint density at radius 1 is 0.962 bits per heavy atom. The van der Waals surface area contributed by atoms with Crippen molar-refractivity contribution >= 4 is 34.2 Å². The minimum absolute atomic E-state index is 0.0333. The van der Waals surface area contributed by atoms with E-state index in [9.17, 15) is 28.5 Å². The van der Waals surface area contributed by atoms with Crippen molar-refractivity contribution < 1.29 is 23.3 Å². The summed E-state index contributed by atoms with van der Waals surface area (Å²) in [6.45, 7) is 0. The predicted octanol–water partition coefficient (Wildman–Crippen LogP) is 2.62. The third-order valence-corrected chi connectivity index (χ3v) is 3.93. The Morgan fingerprint density at radius 2 is 1.58 bits per heavy atom. The Hall–Kier alpha value is -3.82. The van der Waals surface area contributed by atoms with E-state index in [-0.39, 0.29) is 27.6 Å². The zero-order chi connectivity index (χ0) is 18.6. The van der Waals surface area contributed by atoms with E-state index >= 15 is 0 Å². The number of nitro benzene ring substituents is 1. The minimum atomic E-state index is -1.25. The first-order valence-corrected chi connectivity index (χ1v) is 7.17. The molecule has 128 valence electrons. The number of imide groups is 1. The summed E-state index contributed by atoms with van der Waals surface area (Å²) in [7, 11) is 0. The number of nitrogens with zero attached hydrogens (tertiary/aromatic N) is 4. The largest absolute Gasteiger partial charge is 0.277 e. The fourth-order valence-corrected chi connectivity index (χ4v) is 2.90. The lowest BCUT2D eigenvalue weighted by molar-refractivity contribution is -0.383. The molecule has 0 N–H and O–H groups in total. The number of benzene rings is 2. The number of halogens is 2. The Labute approximate surface area is 142 Å². The summed E-state index contributed by atoms with van der Waals surface area (Å²) < 4.78 is 26.8. The molecule has 3 aromatic rings. The van der Waals surface area contributed by atoms with Crippen LogP contribution in [0.15, 0.2) is 36.4 Å². The smallest absolute Gasteiger partial charge is 0.268 e. The predicted molar refractivity (Wildman–Crippen MR) is 83.7 cm³/mol. The molecule has 0 spiro atoms. The van der Waals surface area contributed by atoms with Gasteiger partial charge in [-0.05, 0) is 18.2 Å². The molecule has 26 heavy (non-hydrogen) atoms. The van der Waals surface area contributed by atoms with Gasteiger partial charge in [-0.1, -0.05) is 6.07 Å².